The molecule has 4 nitrogen and oxygen atoms in total. The zero-order chi connectivity index (χ0) is 12.1. The molecule has 0 saturated carbocycles. The molecule has 16 heavy (non-hydrogen) atoms. The maximum absolute atomic E-state index is 10.9. The maximum atomic E-state index is 10.9. The van der Waals surface area contributed by atoms with Gasteiger partial charge in [0.25, 0.3) is 0 Å². The van der Waals surface area contributed by atoms with Crippen molar-refractivity contribution in [2.24, 2.45) is 0 Å². The highest BCUT2D eigenvalue weighted by Gasteiger charge is 2.17. The van der Waals surface area contributed by atoms with Crippen molar-refractivity contribution in [2.75, 3.05) is 6.54 Å². The number of hydrogen-bond donors (Lipinski definition) is 1. The predicted molar refractivity (Wildman–Crippen MR) is 61.5 cm³/mol. The van der Waals surface area contributed by atoms with Crippen LogP contribution in [-0.4, -0.2) is 28.6 Å². The van der Waals surface area contributed by atoms with E-state index in [0.29, 0.717) is 12.6 Å². The van der Waals surface area contributed by atoms with Gasteiger partial charge in [0.15, 0.2) is 0 Å². The van der Waals surface area contributed by atoms with Crippen molar-refractivity contribution in [3.05, 3.63) is 23.7 Å². The molecule has 0 aromatic carbocycles. The van der Waals surface area contributed by atoms with E-state index in [2.05, 4.69) is 25.7 Å². The van der Waals surface area contributed by atoms with Crippen LogP contribution in [0.3, 0.4) is 0 Å². The first kappa shape index (κ1) is 12.8. The van der Waals surface area contributed by atoms with Crippen LogP contribution in [0.15, 0.2) is 16.7 Å². The lowest BCUT2D eigenvalue weighted by Gasteiger charge is -2.25. The molecule has 0 aliphatic rings. The highest BCUT2D eigenvalue weighted by atomic mass is 16.4. The minimum Gasteiger partial charge on any atom is -0.475 e. The van der Waals surface area contributed by atoms with Crippen LogP contribution in [0.5, 0.6) is 0 Å². The van der Waals surface area contributed by atoms with Crippen LogP contribution in [0.25, 0.3) is 0 Å². The largest absolute Gasteiger partial charge is 0.475 e. The van der Waals surface area contributed by atoms with Crippen molar-refractivity contribution in [1.29, 1.82) is 0 Å². The molecule has 0 amide bonds. The van der Waals surface area contributed by atoms with Crippen LogP contribution in [0.4, 0.5) is 0 Å². The molecule has 0 saturated heterocycles. The number of carbonyl (C=O) groups is 1. The molecule has 0 aliphatic heterocycles. The van der Waals surface area contributed by atoms with Crippen LogP contribution in [-0.2, 0) is 6.54 Å². The molecule has 1 heterocycles. The lowest BCUT2D eigenvalue weighted by atomic mass is 10.2. The first-order valence-electron chi connectivity index (χ1n) is 5.60. The van der Waals surface area contributed by atoms with Crippen LogP contribution < -0.4 is 0 Å². The van der Waals surface area contributed by atoms with Gasteiger partial charge in [-0.3, -0.25) is 4.90 Å². The molecule has 0 unspecified atom stereocenters. The summed E-state index contributed by atoms with van der Waals surface area (Å²) in [7, 11) is 0. The highest BCUT2D eigenvalue weighted by molar-refractivity contribution is 5.86. The third-order valence-corrected chi connectivity index (χ3v) is 2.56. The third kappa shape index (κ3) is 3.10. The van der Waals surface area contributed by atoms with E-state index < -0.39 is 5.97 Å². The zero-order valence-electron chi connectivity index (χ0n) is 10.1. The van der Waals surface area contributed by atoms with Crippen molar-refractivity contribution in [3.8, 4) is 0 Å². The monoisotopic (exact) mass is 225 g/mol. The quantitative estimate of drug-likeness (QED) is 0.808. The second-order valence-electron chi connectivity index (χ2n) is 4.14. The van der Waals surface area contributed by atoms with Gasteiger partial charge in [-0.05, 0) is 32.9 Å². The average molecular weight is 225 g/mol. The summed E-state index contributed by atoms with van der Waals surface area (Å²) >= 11 is 0. The summed E-state index contributed by atoms with van der Waals surface area (Å²) in [5.74, 6) is -0.943. The fraction of sp³-hybridized carbons (Fsp3) is 0.583. The topological polar surface area (TPSA) is 53.7 Å². The number of hydrogen-bond acceptors (Lipinski definition) is 3. The molecule has 1 rings (SSSR count). The molecule has 0 aliphatic carbocycles. The molecular formula is C12H19NO3. The number of nitrogens with zero attached hydrogens (tertiary/aromatic N) is 1. The number of aromatic carboxylic acids is 1. The van der Waals surface area contributed by atoms with Gasteiger partial charge in [0.05, 0.1) is 6.26 Å². The summed E-state index contributed by atoms with van der Waals surface area (Å²) < 4.78 is 4.96. The highest BCUT2D eigenvalue weighted by Crippen LogP contribution is 2.15. The zero-order valence-corrected chi connectivity index (χ0v) is 10.1. The molecule has 1 N–H and O–H groups in total. The van der Waals surface area contributed by atoms with Gasteiger partial charge >= 0.3 is 5.97 Å². The van der Waals surface area contributed by atoms with Crippen molar-refractivity contribution < 1.29 is 14.3 Å². The summed E-state index contributed by atoms with van der Waals surface area (Å²) in [5, 5.41) is 8.92. The fourth-order valence-corrected chi connectivity index (χ4v) is 1.67. The van der Waals surface area contributed by atoms with Crippen molar-refractivity contribution >= 4 is 5.97 Å². The van der Waals surface area contributed by atoms with E-state index in [1.54, 1.807) is 6.07 Å². The molecule has 0 bridgehead atoms. The number of rotatable bonds is 6. The van der Waals surface area contributed by atoms with Gasteiger partial charge in [-0.25, -0.2) is 4.79 Å². The molecule has 0 fully saturated rings. The summed E-state index contributed by atoms with van der Waals surface area (Å²) in [4.78, 5) is 13.1. The van der Waals surface area contributed by atoms with Crippen molar-refractivity contribution in [3.63, 3.8) is 0 Å². The SMILES string of the molecule is CCCN(Cc1ccoc1C(=O)O)C(C)C. The molecule has 1 aromatic heterocycles. The van der Waals surface area contributed by atoms with Gasteiger partial charge in [-0.1, -0.05) is 6.92 Å². The minimum atomic E-state index is -1.000. The molecule has 0 spiro atoms. The van der Waals surface area contributed by atoms with Gasteiger partial charge in [-0.2, -0.15) is 0 Å². The van der Waals surface area contributed by atoms with E-state index in [4.69, 9.17) is 9.52 Å². The summed E-state index contributed by atoms with van der Waals surface area (Å²) in [6.07, 6.45) is 2.49. The van der Waals surface area contributed by atoms with Gasteiger partial charge in [0.1, 0.15) is 0 Å². The summed E-state index contributed by atoms with van der Waals surface area (Å²) in [6.45, 7) is 7.92. The first-order chi connectivity index (χ1) is 7.56. The Balaban J connectivity index is 2.76. The fourth-order valence-electron chi connectivity index (χ4n) is 1.67. The third-order valence-electron chi connectivity index (χ3n) is 2.56. The van der Waals surface area contributed by atoms with Crippen molar-refractivity contribution in [1.82, 2.24) is 4.90 Å². The molecular weight excluding hydrogens is 206 g/mol. The Morgan fingerprint density at radius 1 is 1.56 bits per heavy atom. The van der Waals surface area contributed by atoms with E-state index in [0.717, 1.165) is 18.5 Å². The minimum absolute atomic E-state index is 0.0572. The van der Waals surface area contributed by atoms with Crippen LogP contribution in [0.2, 0.25) is 0 Å². The average Bonchev–Trinajstić information content (AvgIpc) is 2.65. The molecule has 4 heteroatoms. The smallest absolute Gasteiger partial charge is 0.372 e. The lowest BCUT2D eigenvalue weighted by Crippen LogP contribution is -2.31. The van der Waals surface area contributed by atoms with Crippen LogP contribution in [0, 0.1) is 0 Å². The second kappa shape index (κ2) is 5.70. The van der Waals surface area contributed by atoms with Gasteiger partial charge in [-0.15, -0.1) is 0 Å². The van der Waals surface area contributed by atoms with Gasteiger partial charge in [0.2, 0.25) is 5.76 Å². The van der Waals surface area contributed by atoms with Gasteiger partial charge in [0, 0.05) is 18.2 Å². The van der Waals surface area contributed by atoms with Crippen molar-refractivity contribution in [2.45, 2.75) is 39.8 Å². The molecule has 90 valence electrons. The van der Waals surface area contributed by atoms with Crippen LogP contribution in [0.1, 0.15) is 43.3 Å². The normalized spacial score (nSPS) is 11.3. The number of carboxylic acids is 1. The molecule has 0 atom stereocenters. The Morgan fingerprint density at radius 2 is 2.25 bits per heavy atom. The van der Waals surface area contributed by atoms with Gasteiger partial charge < -0.3 is 9.52 Å². The lowest BCUT2D eigenvalue weighted by molar-refractivity contribution is 0.0658. The Hall–Kier alpha value is -1.29. The number of furan rings is 1. The summed E-state index contributed by atoms with van der Waals surface area (Å²) in [6, 6.07) is 2.13. The summed E-state index contributed by atoms with van der Waals surface area (Å²) in [5.41, 5.74) is 0.745. The Bertz CT molecular complexity index is 344. The Morgan fingerprint density at radius 3 is 2.75 bits per heavy atom. The molecule has 1 aromatic rings. The maximum Gasteiger partial charge on any atom is 0.372 e. The Labute approximate surface area is 95.9 Å². The van der Waals surface area contributed by atoms with E-state index in [1.165, 1.54) is 6.26 Å². The van der Waals surface area contributed by atoms with Crippen LogP contribution >= 0.6 is 0 Å². The number of carboxylic acid groups (broad SMARTS) is 1. The van der Waals surface area contributed by atoms with E-state index in [-0.39, 0.29) is 5.76 Å². The van der Waals surface area contributed by atoms with E-state index >= 15 is 0 Å². The van der Waals surface area contributed by atoms with E-state index in [9.17, 15) is 4.79 Å². The predicted octanol–water partition coefficient (Wildman–Crippen LogP) is 2.60. The first-order valence-corrected chi connectivity index (χ1v) is 5.60. The second-order valence-corrected chi connectivity index (χ2v) is 4.14. The Kier molecular flexibility index (Phi) is 4.55. The van der Waals surface area contributed by atoms with E-state index in [1.807, 2.05) is 0 Å². The standard InChI is InChI=1S/C12H19NO3/c1-4-6-13(9(2)3)8-10-5-7-16-11(10)12(14)15/h5,7,9H,4,6,8H2,1-3H3,(H,14,15). The molecule has 0 radical (unpaired) electrons.